The zero-order valence-corrected chi connectivity index (χ0v) is 22.9. The molecule has 0 amide bonds. The molecule has 1 fully saturated rings. The Bertz CT molecular complexity index is 1130. The molecule has 0 saturated heterocycles. The molecule has 3 aromatic carbocycles. The predicted octanol–water partition coefficient (Wildman–Crippen LogP) is 8.58. The van der Waals surface area contributed by atoms with Gasteiger partial charge in [0.25, 0.3) is 0 Å². The molecule has 0 heterocycles. The first-order valence-corrected chi connectivity index (χ1v) is 13.5. The van der Waals surface area contributed by atoms with Gasteiger partial charge < -0.3 is 10.1 Å². The maximum Gasteiger partial charge on any atom is 0.333 e. The molecule has 1 aliphatic rings. The van der Waals surface area contributed by atoms with Crippen molar-refractivity contribution in [1.82, 2.24) is 0 Å². The van der Waals surface area contributed by atoms with Gasteiger partial charge >= 0.3 is 5.97 Å². The van der Waals surface area contributed by atoms with Crippen LogP contribution in [0.25, 0.3) is 0 Å². The number of anilines is 1. The molecule has 3 nitrogen and oxygen atoms in total. The number of esters is 1. The zero-order chi connectivity index (χ0) is 25.0. The summed E-state index contributed by atoms with van der Waals surface area (Å²) in [6.07, 6.45) is 2.89. The molecule has 4 rings (SSSR count). The number of halogens is 2. The summed E-state index contributed by atoms with van der Waals surface area (Å²) >= 11 is 9.73. The van der Waals surface area contributed by atoms with Crippen LogP contribution in [0.1, 0.15) is 57.2 Å². The van der Waals surface area contributed by atoms with E-state index in [0.717, 1.165) is 35.0 Å². The van der Waals surface area contributed by atoms with Gasteiger partial charge in [-0.3, -0.25) is 0 Å². The lowest BCUT2D eigenvalue weighted by atomic mass is 9.64. The highest BCUT2D eigenvalue weighted by Gasteiger charge is 2.42. The van der Waals surface area contributed by atoms with Crippen LogP contribution < -0.4 is 5.32 Å². The van der Waals surface area contributed by atoms with Gasteiger partial charge in [0.1, 0.15) is 6.10 Å². The van der Waals surface area contributed by atoms with Crippen LogP contribution in [-0.4, -0.2) is 12.1 Å². The predicted molar refractivity (Wildman–Crippen MR) is 148 cm³/mol. The lowest BCUT2D eigenvalue weighted by Gasteiger charge is -2.44. The van der Waals surface area contributed by atoms with E-state index in [-0.39, 0.29) is 23.4 Å². The van der Waals surface area contributed by atoms with Crippen molar-refractivity contribution in [1.29, 1.82) is 0 Å². The van der Waals surface area contributed by atoms with Crippen molar-refractivity contribution in [2.75, 3.05) is 5.32 Å². The van der Waals surface area contributed by atoms with Gasteiger partial charge in [-0.2, -0.15) is 0 Å². The van der Waals surface area contributed by atoms with Gasteiger partial charge in [-0.05, 0) is 75.5 Å². The second-order valence-electron chi connectivity index (χ2n) is 10.2. The molecule has 0 spiro atoms. The number of ether oxygens (including phenoxy) is 1. The Labute approximate surface area is 222 Å². The highest BCUT2D eigenvalue weighted by molar-refractivity contribution is 9.10. The molecular formula is C30H33BrClNO2. The van der Waals surface area contributed by atoms with Gasteiger partial charge in [-0.25, -0.2) is 4.79 Å². The molecule has 3 aromatic rings. The summed E-state index contributed by atoms with van der Waals surface area (Å²) in [6, 6.07) is 25.1. The van der Waals surface area contributed by atoms with Crippen molar-refractivity contribution >= 4 is 39.2 Å². The van der Waals surface area contributed by atoms with Crippen molar-refractivity contribution in [3.8, 4) is 0 Å². The number of hydrogen-bond acceptors (Lipinski definition) is 3. The Balaban J connectivity index is 1.62. The normalized spacial score (nSPS) is 21.2. The molecule has 0 aromatic heterocycles. The molecule has 0 bridgehead atoms. The van der Waals surface area contributed by atoms with Crippen LogP contribution in [0.15, 0.2) is 83.3 Å². The lowest BCUT2D eigenvalue weighted by molar-refractivity contribution is -0.157. The van der Waals surface area contributed by atoms with E-state index in [2.05, 4.69) is 66.3 Å². The van der Waals surface area contributed by atoms with Crippen LogP contribution in [0.2, 0.25) is 5.02 Å². The molecule has 0 radical (unpaired) electrons. The molecule has 0 aliphatic heterocycles. The Morgan fingerprint density at radius 2 is 1.66 bits per heavy atom. The van der Waals surface area contributed by atoms with Crippen LogP contribution in [-0.2, 0) is 14.9 Å². The van der Waals surface area contributed by atoms with E-state index < -0.39 is 6.04 Å². The monoisotopic (exact) mass is 553 g/mol. The number of hydrogen-bond donors (Lipinski definition) is 1. The number of benzene rings is 3. The first-order valence-electron chi connectivity index (χ1n) is 12.3. The summed E-state index contributed by atoms with van der Waals surface area (Å²) in [7, 11) is 0. The number of rotatable bonds is 7. The van der Waals surface area contributed by atoms with Crippen molar-refractivity contribution in [2.24, 2.45) is 11.8 Å². The highest BCUT2D eigenvalue weighted by atomic mass is 79.9. The second-order valence-corrected chi connectivity index (χ2v) is 11.5. The highest BCUT2D eigenvalue weighted by Crippen LogP contribution is 2.44. The summed E-state index contributed by atoms with van der Waals surface area (Å²) in [5.74, 6) is 0.483. The maximum atomic E-state index is 13.8. The topological polar surface area (TPSA) is 38.3 Å². The van der Waals surface area contributed by atoms with E-state index in [9.17, 15) is 4.79 Å². The van der Waals surface area contributed by atoms with Gasteiger partial charge in [-0.15, -0.1) is 0 Å². The average Bonchev–Trinajstić information content (AvgIpc) is 2.84. The van der Waals surface area contributed by atoms with Crippen molar-refractivity contribution in [3.05, 3.63) is 99.5 Å². The maximum absolute atomic E-state index is 13.8. The Morgan fingerprint density at radius 1 is 1.00 bits per heavy atom. The first kappa shape index (κ1) is 25.8. The minimum atomic E-state index is -0.649. The quantitative estimate of drug-likeness (QED) is 0.297. The molecule has 1 N–H and O–H groups in total. The van der Waals surface area contributed by atoms with E-state index in [4.69, 9.17) is 16.3 Å². The summed E-state index contributed by atoms with van der Waals surface area (Å²) < 4.78 is 7.28. The minimum Gasteiger partial charge on any atom is -0.460 e. The fraction of sp³-hybridized carbons (Fsp3) is 0.367. The van der Waals surface area contributed by atoms with Gasteiger partial charge in [-0.1, -0.05) is 93.4 Å². The van der Waals surface area contributed by atoms with Crippen LogP contribution in [0.3, 0.4) is 0 Å². The lowest BCUT2D eigenvalue weighted by Crippen LogP contribution is -2.44. The molecule has 4 atom stereocenters. The summed E-state index contributed by atoms with van der Waals surface area (Å²) in [5.41, 5.74) is 2.82. The Hall–Kier alpha value is -2.30. The largest absolute Gasteiger partial charge is 0.460 e. The number of carbonyl (C=O) groups is 1. The van der Waals surface area contributed by atoms with Crippen LogP contribution >= 0.6 is 27.5 Å². The minimum absolute atomic E-state index is 0.113. The van der Waals surface area contributed by atoms with E-state index in [1.165, 1.54) is 5.56 Å². The second kappa shape index (κ2) is 11.2. The van der Waals surface area contributed by atoms with Crippen LogP contribution in [0.4, 0.5) is 5.69 Å². The molecule has 1 aliphatic carbocycles. The van der Waals surface area contributed by atoms with E-state index in [0.29, 0.717) is 10.9 Å². The van der Waals surface area contributed by atoms with Crippen molar-refractivity contribution in [2.45, 2.75) is 57.6 Å². The SMILES string of the molecule is C[C@@H]1CC[C@@H](C(C)(C)c2ccccc2)[C@H](OC(=O)[C@H](Nc2ccccc2Br)c2ccc(Cl)cc2)C1. The van der Waals surface area contributed by atoms with E-state index in [1.807, 2.05) is 54.6 Å². The molecule has 35 heavy (non-hydrogen) atoms. The third kappa shape index (κ3) is 6.10. The zero-order valence-electron chi connectivity index (χ0n) is 20.5. The molecular weight excluding hydrogens is 522 g/mol. The molecule has 184 valence electrons. The standard InChI is InChI=1S/C30H33BrClNO2/c1-20-13-18-24(30(2,3)22-9-5-4-6-10-22)27(19-20)35-29(34)28(21-14-16-23(32)17-15-21)33-26-12-8-7-11-25(26)31/h4-12,14-17,20,24,27-28,33H,13,18-19H2,1-3H3/t20-,24-,27-,28-/m1/s1. The molecule has 1 saturated carbocycles. The van der Waals surface area contributed by atoms with Gasteiger partial charge in [0, 0.05) is 21.1 Å². The number of para-hydroxylation sites is 1. The van der Waals surface area contributed by atoms with Crippen LogP contribution in [0, 0.1) is 11.8 Å². The van der Waals surface area contributed by atoms with E-state index in [1.54, 1.807) is 0 Å². The Kier molecular flexibility index (Phi) is 8.23. The van der Waals surface area contributed by atoms with Gasteiger partial charge in [0.15, 0.2) is 6.04 Å². The summed E-state index contributed by atoms with van der Waals surface area (Å²) in [4.78, 5) is 13.8. The fourth-order valence-corrected chi connectivity index (χ4v) is 5.78. The first-order chi connectivity index (χ1) is 16.8. The van der Waals surface area contributed by atoms with Gasteiger partial charge in [0.2, 0.25) is 0 Å². The van der Waals surface area contributed by atoms with E-state index >= 15 is 0 Å². The number of nitrogens with one attached hydrogen (secondary N) is 1. The summed E-state index contributed by atoms with van der Waals surface area (Å²) in [5, 5.41) is 4.04. The van der Waals surface area contributed by atoms with Crippen molar-refractivity contribution < 1.29 is 9.53 Å². The third-order valence-electron chi connectivity index (χ3n) is 7.38. The van der Waals surface area contributed by atoms with Gasteiger partial charge in [0.05, 0.1) is 0 Å². The molecule has 0 unspecified atom stereocenters. The summed E-state index contributed by atoms with van der Waals surface area (Å²) in [6.45, 7) is 6.81. The van der Waals surface area contributed by atoms with Crippen molar-refractivity contribution in [3.63, 3.8) is 0 Å². The number of carbonyl (C=O) groups excluding carboxylic acids is 1. The average molecular weight is 555 g/mol. The fourth-order valence-electron chi connectivity index (χ4n) is 5.25. The third-order valence-corrected chi connectivity index (χ3v) is 8.32. The smallest absolute Gasteiger partial charge is 0.333 e. The molecule has 5 heteroatoms. The van der Waals surface area contributed by atoms with Crippen LogP contribution in [0.5, 0.6) is 0 Å². The Morgan fingerprint density at radius 3 is 2.34 bits per heavy atom.